The first-order valence-corrected chi connectivity index (χ1v) is 5.69. The van der Waals surface area contributed by atoms with Gasteiger partial charge in [-0.25, -0.2) is 0 Å². The number of carbonyl (C=O) groups excluding carboxylic acids is 1. The van der Waals surface area contributed by atoms with Crippen molar-refractivity contribution in [1.29, 1.82) is 0 Å². The SMILES string of the molecule is COC(=O)[C@H]1CCc2ccccc2[C@H]1O.[C-]#[O+].[C-]#[O+].[C-]#[O+].[Cr]. The van der Waals surface area contributed by atoms with E-state index in [1.54, 1.807) is 0 Å². The molecule has 0 saturated heterocycles. The number of aliphatic hydroxyl groups excluding tert-OH is 1. The summed E-state index contributed by atoms with van der Waals surface area (Å²) in [4.78, 5) is 11.4. The average molecular weight is 342 g/mol. The molecule has 1 aliphatic rings. The smallest absolute Gasteiger partial charge is 0 e. The Morgan fingerprint density at radius 1 is 1.18 bits per heavy atom. The molecule has 2 rings (SSSR count). The van der Waals surface area contributed by atoms with E-state index in [2.05, 4.69) is 24.7 Å². The van der Waals surface area contributed by atoms with Crippen molar-refractivity contribution in [3.05, 3.63) is 55.3 Å². The first kappa shape index (κ1) is 25.4. The Labute approximate surface area is 139 Å². The monoisotopic (exact) mass is 342 g/mol. The second kappa shape index (κ2) is 15.8. The molecule has 0 fully saturated rings. The number of hydrogen-bond acceptors (Lipinski definition) is 3. The van der Waals surface area contributed by atoms with E-state index in [0.29, 0.717) is 6.42 Å². The van der Waals surface area contributed by atoms with Crippen LogP contribution in [0.5, 0.6) is 0 Å². The van der Waals surface area contributed by atoms with Crippen LogP contribution in [-0.4, -0.2) is 18.2 Å². The molecule has 1 aromatic rings. The zero-order valence-electron chi connectivity index (χ0n) is 11.8. The summed E-state index contributed by atoms with van der Waals surface area (Å²) in [6.45, 7) is 13.5. The van der Waals surface area contributed by atoms with Crippen molar-refractivity contribution in [2.75, 3.05) is 7.11 Å². The molecule has 0 unspecified atom stereocenters. The zero-order chi connectivity index (χ0) is 16.8. The number of methoxy groups -OCH3 is 1. The number of hydrogen-bond donors (Lipinski definition) is 1. The van der Waals surface area contributed by atoms with Crippen LogP contribution >= 0.6 is 0 Å². The molecule has 22 heavy (non-hydrogen) atoms. The van der Waals surface area contributed by atoms with Crippen molar-refractivity contribution < 1.29 is 46.0 Å². The second-order valence-corrected chi connectivity index (χ2v) is 3.81. The van der Waals surface area contributed by atoms with Crippen molar-refractivity contribution in [1.82, 2.24) is 0 Å². The Balaban J connectivity index is -0.000000463. The molecule has 1 aliphatic carbocycles. The van der Waals surface area contributed by atoms with Gasteiger partial charge in [0.1, 0.15) is 0 Å². The molecule has 1 aromatic carbocycles. The molecule has 0 saturated carbocycles. The maximum Gasteiger partial charge on any atom is 0 e. The Morgan fingerprint density at radius 2 is 1.68 bits per heavy atom. The maximum atomic E-state index is 11.4. The van der Waals surface area contributed by atoms with Gasteiger partial charge >= 0.3 is 39.9 Å². The minimum absolute atomic E-state index is 0. The minimum Gasteiger partial charge on any atom is 0 e. The van der Waals surface area contributed by atoms with Gasteiger partial charge in [0.2, 0.25) is 0 Å². The van der Waals surface area contributed by atoms with Crippen LogP contribution in [0, 0.1) is 25.9 Å². The van der Waals surface area contributed by atoms with Crippen molar-refractivity contribution in [2.24, 2.45) is 5.92 Å². The predicted octanol–water partition coefficient (Wildman–Crippen LogP) is 1.34. The molecule has 0 aromatic heterocycles. The number of benzene rings is 1. The van der Waals surface area contributed by atoms with Crippen LogP contribution in [0.3, 0.4) is 0 Å². The van der Waals surface area contributed by atoms with Gasteiger partial charge in [-0.15, -0.1) is 0 Å². The summed E-state index contributed by atoms with van der Waals surface area (Å²) < 4.78 is 27.2. The van der Waals surface area contributed by atoms with Crippen LogP contribution in [-0.2, 0) is 47.3 Å². The number of carbonyl (C=O) groups is 1. The molecule has 0 spiro atoms. The van der Waals surface area contributed by atoms with Crippen molar-refractivity contribution in [3.63, 3.8) is 0 Å². The van der Waals surface area contributed by atoms with Crippen LogP contribution in [0.25, 0.3) is 0 Å². The van der Waals surface area contributed by atoms with Gasteiger partial charge in [0.25, 0.3) is 0 Å². The van der Waals surface area contributed by atoms with Crippen molar-refractivity contribution in [2.45, 2.75) is 18.9 Å². The fourth-order valence-corrected chi connectivity index (χ4v) is 2.13. The van der Waals surface area contributed by atoms with E-state index >= 15 is 0 Å². The summed E-state index contributed by atoms with van der Waals surface area (Å²) in [7, 11) is 1.36. The van der Waals surface area contributed by atoms with Crippen LogP contribution in [0.2, 0.25) is 0 Å². The quantitative estimate of drug-likeness (QED) is 0.473. The normalized spacial score (nSPS) is 16.9. The Kier molecular flexibility index (Phi) is 18.2. The van der Waals surface area contributed by atoms with Crippen LogP contribution in [0.4, 0.5) is 0 Å². The summed E-state index contributed by atoms with van der Waals surface area (Å²) >= 11 is 0. The first-order valence-electron chi connectivity index (χ1n) is 5.69. The van der Waals surface area contributed by atoms with E-state index in [9.17, 15) is 9.90 Å². The average Bonchev–Trinajstić information content (AvgIpc) is 2.60. The van der Waals surface area contributed by atoms with Gasteiger partial charge in [0, 0.05) is 17.4 Å². The van der Waals surface area contributed by atoms with Gasteiger partial charge in [-0.3, -0.25) is 4.79 Å². The topological polar surface area (TPSA) is 106 Å². The van der Waals surface area contributed by atoms with E-state index in [4.69, 9.17) is 14.0 Å². The van der Waals surface area contributed by atoms with E-state index < -0.39 is 12.0 Å². The van der Waals surface area contributed by atoms with Crippen LogP contribution in [0.1, 0.15) is 23.7 Å². The van der Waals surface area contributed by atoms with Crippen molar-refractivity contribution >= 4 is 5.97 Å². The van der Waals surface area contributed by atoms with E-state index in [0.717, 1.165) is 17.5 Å². The maximum absolute atomic E-state index is 11.4. The van der Waals surface area contributed by atoms with Gasteiger partial charge in [-0.05, 0) is 24.0 Å². The van der Waals surface area contributed by atoms with Gasteiger partial charge in [0.05, 0.1) is 19.1 Å². The molecule has 0 radical (unpaired) electrons. The van der Waals surface area contributed by atoms with E-state index in [1.807, 2.05) is 24.3 Å². The fourth-order valence-electron chi connectivity index (χ4n) is 2.13. The number of esters is 1. The van der Waals surface area contributed by atoms with Gasteiger partial charge in [-0.1, -0.05) is 24.3 Å². The Morgan fingerprint density at radius 3 is 2.18 bits per heavy atom. The minimum atomic E-state index is -0.720. The molecule has 7 heteroatoms. The summed E-state index contributed by atoms with van der Waals surface area (Å²) in [5, 5.41) is 10.0. The molecule has 0 aliphatic heterocycles. The summed E-state index contributed by atoms with van der Waals surface area (Å²) in [5.41, 5.74) is 1.99. The van der Waals surface area contributed by atoms with Crippen LogP contribution in [0.15, 0.2) is 24.3 Å². The molecular formula is C15H14CrO6. The third-order valence-electron chi connectivity index (χ3n) is 2.98. The van der Waals surface area contributed by atoms with Gasteiger partial charge in [0.15, 0.2) is 0 Å². The van der Waals surface area contributed by atoms with Gasteiger partial charge < -0.3 is 9.84 Å². The Bertz CT molecular complexity index is 480. The summed E-state index contributed by atoms with van der Waals surface area (Å²) in [6.07, 6.45) is 0.764. The largest absolute Gasteiger partial charge is 0 e. The standard InChI is InChI=1S/C12H14O3.3CO.Cr/c1-15-12(14)10-7-6-8-4-2-3-5-9(8)11(10)13;3*1-2;/h2-5,10-11,13H,6-7H2,1H3;;;;/t10-,11+;;;;/m0..../s1. The van der Waals surface area contributed by atoms with E-state index in [-0.39, 0.29) is 23.3 Å². The molecule has 2 atom stereocenters. The molecule has 0 heterocycles. The van der Waals surface area contributed by atoms with E-state index in [1.165, 1.54) is 7.11 Å². The third kappa shape index (κ3) is 6.91. The zero-order valence-corrected chi connectivity index (χ0v) is 13.1. The first-order chi connectivity index (χ1) is 10.2. The number of aliphatic hydroxyl groups is 1. The molecule has 0 amide bonds. The van der Waals surface area contributed by atoms with Gasteiger partial charge in [-0.2, -0.15) is 0 Å². The summed E-state index contributed by atoms with van der Waals surface area (Å²) in [5.74, 6) is -0.734. The Hall–Kier alpha value is -1.60. The second-order valence-electron chi connectivity index (χ2n) is 3.81. The van der Waals surface area contributed by atoms with Crippen molar-refractivity contribution in [3.8, 4) is 0 Å². The van der Waals surface area contributed by atoms with Crippen LogP contribution < -0.4 is 0 Å². The number of ether oxygens (including phenoxy) is 1. The fraction of sp³-hybridized carbons (Fsp3) is 0.333. The molecule has 1 N–H and O–H groups in total. The number of aryl methyl sites for hydroxylation is 1. The molecule has 6 nitrogen and oxygen atoms in total. The summed E-state index contributed by atoms with van der Waals surface area (Å²) in [6, 6.07) is 7.69. The number of fused-ring (bicyclic) bond motifs is 1. The molecule has 0 bridgehead atoms. The predicted molar refractivity (Wildman–Crippen MR) is 67.0 cm³/mol. The molecular weight excluding hydrogens is 328 g/mol. The number of rotatable bonds is 1. The third-order valence-corrected chi connectivity index (χ3v) is 2.98. The molecule has 116 valence electrons.